The van der Waals surface area contributed by atoms with E-state index in [1.165, 1.54) is 12.1 Å². The van der Waals surface area contributed by atoms with E-state index in [1.54, 1.807) is 31.2 Å². The molecule has 2 aromatic carbocycles. The molecule has 1 aromatic heterocycles. The Labute approximate surface area is 153 Å². The van der Waals surface area contributed by atoms with Crippen molar-refractivity contribution in [2.75, 3.05) is 6.61 Å². The number of hydrogen-bond donors (Lipinski definition) is 1. The van der Waals surface area contributed by atoms with Gasteiger partial charge in [0, 0.05) is 16.1 Å². The zero-order chi connectivity index (χ0) is 18.5. The number of nitrogens with one attached hydrogen (secondary N) is 1. The fourth-order valence-electron chi connectivity index (χ4n) is 2.31. The summed E-state index contributed by atoms with van der Waals surface area (Å²) in [4.78, 5) is 11.9. The molecule has 26 heavy (non-hydrogen) atoms. The average molecular weight is 376 g/mol. The molecule has 1 N–H and O–H groups in total. The smallest absolute Gasteiger partial charge is 0.361 e. The van der Waals surface area contributed by atoms with Crippen LogP contribution in [0.2, 0.25) is 5.02 Å². The van der Waals surface area contributed by atoms with Crippen molar-refractivity contribution in [2.24, 2.45) is 0 Å². The van der Waals surface area contributed by atoms with Crippen LogP contribution in [0.25, 0.3) is 11.3 Å². The Morgan fingerprint density at radius 2 is 2.04 bits per heavy atom. The molecule has 6 nitrogen and oxygen atoms in total. The second-order valence-corrected chi connectivity index (χ2v) is 5.67. The second-order valence-electron chi connectivity index (χ2n) is 5.27. The van der Waals surface area contributed by atoms with Crippen molar-refractivity contribution in [3.8, 4) is 17.0 Å². The number of halogens is 2. The lowest BCUT2D eigenvalue weighted by Crippen LogP contribution is -2.07. The lowest BCUT2D eigenvalue weighted by molar-refractivity contribution is 0.0520. The molecule has 0 bridgehead atoms. The van der Waals surface area contributed by atoms with Gasteiger partial charge < -0.3 is 9.47 Å². The van der Waals surface area contributed by atoms with Gasteiger partial charge in [0.05, 0.1) is 6.61 Å². The molecule has 1 heterocycles. The Balaban J connectivity index is 1.79. The van der Waals surface area contributed by atoms with Crippen molar-refractivity contribution in [2.45, 2.75) is 13.5 Å². The minimum absolute atomic E-state index is 0.00372. The maximum absolute atomic E-state index is 14.4. The number of rotatable bonds is 6. The Hall–Kier alpha value is -2.93. The molecule has 0 saturated carbocycles. The van der Waals surface area contributed by atoms with E-state index in [0.29, 0.717) is 10.6 Å². The highest BCUT2D eigenvalue weighted by Crippen LogP contribution is 2.27. The molecule has 3 rings (SSSR count). The summed E-state index contributed by atoms with van der Waals surface area (Å²) in [5.74, 6) is -1.15. The predicted molar refractivity (Wildman–Crippen MR) is 93.5 cm³/mol. The molecule has 3 aromatic rings. The number of carbonyl (C=O) groups excluding carboxylic acids is 1. The van der Waals surface area contributed by atoms with Gasteiger partial charge in [-0.3, -0.25) is 0 Å². The number of aromatic amines is 1. The van der Waals surface area contributed by atoms with E-state index in [9.17, 15) is 9.18 Å². The Morgan fingerprint density at radius 1 is 1.23 bits per heavy atom. The first kappa shape index (κ1) is 17.9. The fourth-order valence-corrected chi connectivity index (χ4v) is 2.50. The number of nitrogens with zero attached hydrogens (tertiary/aromatic N) is 2. The number of aromatic nitrogens is 3. The monoisotopic (exact) mass is 375 g/mol. The van der Waals surface area contributed by atoms with Crippen LogP contribution in [-0.2, 0) is 11.3 Å². The summed E-state index contributed by atoms with van der Waals surface area (Å²) in [6.45, 7) is 2.02. The van der Waals surface area contributed by atoms with Crippen LogP contribution < -0.4 is 4.74 Å². The lowest BCUT2D eigenvalue weighted by Gasteiger charge is -2.09. The molecule has 0 aliphatic heterocycles. The van der Waals surface area contributed by atoms with E-state index >= 15 is 0 Å². The average Bonchev–Trinajstić information content (AvgIpc) is 3.12. The van der Waals surface area contributed by atoms with Crippen LogP contribution in [-0.4, -0.2) is 28.0 Å². The summed E-state index contributed by atoms with van der Waals surface area (Å²) >= 11 is 6.06. The van der Waals surface area contributed by atoms with Crippen LogP contribution in [0.3, 0.4) is 0 Å². The minimum atomic E-state index is -0.629. The summed E-state index contributed by atoms with van der Waals surface area (Å²) in [5, 5.41) is 10.6. The molecule has 0 spiro atoms. The van der Waals surface area contributed by atoms with Gasteiger partial charge in [-0.1, -0.05) is 29.8 Å². The van der Waals surface area contributed by atoms with Crippen molar-refractivity contribution in [3.63, 3.8) is 0 Å². The molecule has 0 fully saturated rings. The minimum Gasteiger partial charge on any atom is -0.486 e. The van der Waals surface area contributed by atoms with E-state index in [4.69, 9.17) is 21.1 Å². The van der Waals surface area contributed by atoms with E-state index in [-0.39, 0.29) is 30.4 Å². The van der Waals surface area contributed by atoms with Crippen molar-refractivity contribution >= 4 is 17.6 Å². The molecule has 134 valence electrons. The number of carbonyl (C=O) groups is 1. The van der Waals surface area contributed by atoms with E-state index in [2.05, 4.69) is 15.4 Å². The number of benzene rings is 2. The molecular weight excluding hydrogens is 361 g/mol. The van der Waals surface area contributed by atoms with Crippen LogP contribution in [0.15, 0.2) is 42.5 Å². The number of hydrogen-bond acceptors (Lipinski definition) is 5. The molecule has 0 aliphatic carbocycles. The zero-order valence-corrected chi connectivity index (χ0v) is 14.6. The zero-order valence-electron chi connectivity index (χ0n) is 13.8. The third-order valence-corrected chi connectivity index (χ3v) is 3.93. The van der Waals surface area contributed by atoms with Gasteiger partial charge in [0.2, 0.25) is 0 Å². The van der Waals surface area contributed by atoms with Gasteiger partial charge in [-0.05, 0) is 31.2 Å². The van der Waals surface area contributed by atoms with Gasteiger partial charge in [0.25, 0.3) is 0 Å². The Bertz CT molecular complexity index is 930. The highest BCUT2D eigenvalue weighted by molar-refractivity contribution is 6.31. The molecular formula is C18H15ClFN3O3. The number of H-pyrrole nitrogens is 1. The van der Waals surface area contributed by atoms with Crippen molar-refractivity contribution < 1.29 is 18.7 Å². The fraction of sp³-hybridized carbons (Fsp3) is 0.167. The Kier molecular flexibility index (Phi) is 5.48. The van der Waals surface area contributed by atoms with Gasteiger partial charge in [-0.15, -0.1) is 5.10 Å². The first-order chi connectivity index (χ1) is 12.6. The molecule has 0 aliphatic rings. The highest BCUT2D eigenvalue weighted by Gasteiger charge is 2.20. The topological polar surface area (TPSA) is 77.1 Å². The molecule has 0 radical (unpaired) electrons. The van der Waals surface area contributed by atoms with E-state index < -0.39 is 11.8 Å². The lowest BCUT2D eigenvalue weighted by atomic mass is 10.1. The van der Waals surface area contributed by atoms with E-state index in [0.717, 1.165) is 5.56 Å². The van der Waals surface area contributed by atoms with Crippen molar-refractivity contribution in [3.05, 3.63) is 64.6 Å². The molecule has 0 atom stereocenters. The van der Waals surface area contributed by atoms with Gasteiger partial charge in [0.1, 0.15) is 12.3 Å². The summed E-state index contributed by atoms with van der Waals surface area (Å²) in [7, 11) is 0. The van der Waals surface area contributed by atoms with Crippen LogP contribution in [0, 0.1) is 5.82 Å². The van der Waals surface area contributed by atoms with E-state index in [1.807, 2.05) is 6.07 Å². The third-order valence-electron chi connectivity index (χ3n) is 3.56. The van der Waals surface area contributed by atoms with Crippen LogP contribution in [0.4, 0.5) is 4.39 Å². The summed E-state index contributed by atoms with van der Waals surface area (Å²) in [5.41, 5.74) is 1.33. The quantitative estimate of drug-likeness (QED) is 0.658. The van der Waals surface area contributed by atoms with Crippen LogP contribution in [0.1, 0.15) is 23.0 Å². The Morgan fingerprint density at radius 3 is 2.77 bits per heavy atom. The molecule has 8 heteroatoms. The van der Waals surface area contributed by atoms with Crippen molar-refractivity contribution in [1.29, 1.82) is 0 Å². The van der Waals surface area contributed by atoms with Crippen molar-refractivity contribution in [1.82, 2.24) is 15.4 Å². The van der Waals surface area contributed by atoms with Gasteiger partial charge >= 0.3 is 5.97 Å². The normalized spacial score (nSPS) is 10.6. The van der Waals surface area contributed by atoms with Gasteiger partial charge in [0.15, 0.2) is 17.3 Å². The summed E-state index contributed by atoms with van der Waals surface area (Å²) in [6.07, 6.45) is 0. The SMILES string of the molecule is CCOC(=O)c1n[nH]nc1-c1ccc(OCc2ccccc2Cl)c(F)c1. The van der Waals surface area contributed by atoms with Gasteiger partial charge in [-0.25, -0.2) is 9.18 Å². The maximum atomic E-state index is 14.4. The van der Waals surface area contributed by atoms with Gasteiger partial charge in [-0.2, -0.15) is 10.3 Å². The number of esters is 1. The molecule has 0 amide bonds. The third kappa shape index (κ3) is 3.83. The summed E-state index contributed by atoms with van der Waals surface area (Å²) < 4.78 is 24.8. The van der Waals surface area contributed by atoms with Crippen LogP contribution >= 0.6 is 11.6 Å². The maximum Gasteiger partial charge on any atom is 0.361 e. The first-order valence-corrected chi connectivity index (χ1v) is 8.22. The van der Waals surface area contributed by atoms with Crippen LogP contribution in [0.5, 0.6) is 5.75 Å². The predicted octanol–water partition coefficient (Wildman–Crippen LogP) is 4.02. The number of ether oxygens (including phenoxy) is 2. The molecule has 0 saturated heterocycles. The first-order valence-electron chi connectivity index (χ1n) is 7.84. The summed E-state index contributed by atoms with van der Waals surface area (Å²) in [6, 6.07) is 11.4. The standard InChI is InChI=1S/C18H15ClFN3O3/c1-2-25-18(24)17-16(21-23-22-17)11-7-8-15(14(20)9-11)26-10-12-5-3-4-6-13(12)19/h3-9H,2,10H2,1H3,(H,21,22,23). The molecule has 0 unspecified atom stereocenters. The highest BCUT2D eigenvalue weighted by atomic mass is 35.5. The second kappa shape index (κ2) is 7.97. The largest absolute Gasteiger partial charge is 0.486 e.